The van der Waals surface area contributed by atoms with Gasteiger partial charge in [-0.05, 0) is 35.7 Å². The largest absolute Gasteiger partial charge is 0.352 e. The Labute approximate surface area is 167 Å². The van der Waals surface area contributed by atoms with E-state index in [2.05, 4.69) is 38.4 Å². The summed E-state index contributed by atoms with van der Waals surface area (Å²) in [5.41, 5.74) is 3.41. The second kappa shape index (κ2) is 7.55. The summed E-state index contributed by atoms with van der Waals surface area (Å²) < 4.78 is 0. The summed E-state index contributed by atoms with van der Waals surface area (Å²) in [4.78, 5) is 23.2. The van der Waals surface area contributed by atoms with Crippen LogP contribution in [0, 0.1) is 0 Å². The van der Waals surface area contributed by atoms with E-state index >= 15 is 0 Å². The number of carbonyl (C=O) groups excluding carboxylic acids is 1. The number of nitrogens with zero attached hydrogens (tertiary/aromatic N) is 3. The zero-order valence-electron chi connectivity index (χ0n) is 14.3. The van der Waals surface area contributed by atoms with Gasteiger partial charge in [-0.2, -0.15) is 0 Å². The van der Waals surface area contributed by atoms with Gasteiger partial charge in [-0.1, -0.05) is 47.5 Å². The van der Waals surface area contributed by atoms with Gasteiger partial charge < -0.3 is 10.2 Å². The van der Waals surface area contributed by atoms with E-state index in [9.17, 15) is 4.79 Å². The predicted molar refractivity (Wildman–Crippen MR) is 108 cm³/mol. The zero-order chi connectivity index (χ0) is 18.8. The molecule has 27 heavy (non-hydrogen) atoms. The van der Waals surface area contributed by atoms with Crippen molar-refractivity contribution in [3.8, 4) is 0 Å². The summed E-state index contributed by atoms with van der Waals surface area (Å²) in [5.74, 6) is 0.382. The lowest BCUT2D eigenvalue weighted by molar-refractivity contribution is 0.102. The molecule has 3 aromatic rings. The molecule has 1 aliphatic heterocycles. The average Bonchev–Trinajstić information content (AvgIpc) is 2.70. The van der Waals surface area contributed by atoms with Crippen LogP contribution in [0.5, 0.6) is 0 Å². The van der Waals surface area contributed by atoms with Crippen molar-refractivity contribution in [3.05, 3.63) is 81.7 Å². The molecule has 0 aliphatic carbocycles. The minimum Gasteiger partial charge on any atom is -0.352 e. The number of anilines is 2. The highest BCUT2D eigenvalue weighted by Crippen LogP contribution is 2.26. The fourth-order valence-corrected chi connectivity index (χ4v) is 3.57. The van der Waals surface area contributed by atoms with Crippen molar-refractivity contribution < 1.29 is 4.79 Å². The van der Waals surface area contributed by atoms with Gasteiger partial charge in [0.2, 0.25) is 0 Å². The molecule has 2 heterocycles. The predicted octanol–water partition coefficient (Wildman–Crippen LogP) is 4.60. The Morgan fingerprint density at radius 3 is 2.67 bits per heavy atom. The number of hydrogen-bond donors (Lipinski definition) is 1. The Morgan fingerprint density at radius 2 is 1.85 bits per heavy atom. The van der Waals surface area contributed by atoms with Crippen LogP contribution in [0.2, 0.25) is 10.0 Å². The Balaban J connectivity index is 1.53. The van der Waals surface area contributed by atoms with Gasteiger partial charge in [-0.25, -0.2) is 9.97 Å². The number of aromatic nitrogens is 2. The first-order valence-electron chi connectivity index (χ1n) is 8.50. The lowest BCUT2D eigenvalue weighted by Crippen LogP contribution is -2.31. The maximum Gasteiger partial charge on any atom is 0.274 e. The van der Waals surface area contributed by atoms with E-state index in [1.165, 1.54) is 17.5 Å². The van der Waals surface area contributed by atoms with Crippen LogP contribution >= 0.6 is 23.2 Å². The van der Waals surface area contributed by atoms with Gasteiger partial charge in [0.1, 0.15) is 17.8 Å². The molecule has 0 atom stereocenters. The number of rotatable bonds is 3. The van der Waals surface area contributed by atoms with Crippen LogP contribution in [0.25, 0.3) is 0 Å². The summed E-state index contributed by atoms with van der Waals surface area (Å²) in [6.07, 6.45) is 2.36. The van der Waals surface area contributed by atoms with Crippen LogP contribution < -0.4 is 10.2 Å². The summed E-state index contributed by atoms with van der Waals surface area (Å²) in [6, 6.07) is 15.0. The summed E-state index contributed by atoms with van der Waals surface area (Å²) >= 11 is 12.0. The third-order valence-electron chi connectivity index (χ3n) is 4.52. The Kier molecular flexibility index (Phi) is 4.97. The molecule has 1 amide bonds. The number of nitrogens with one attached hydrogen (secondary N) is 1. The van der Waals surface area contributed by atoms with Crippen molar-refractivity contribution in [2.75, 3.05) is 16.8 Å². The maximum atomic E-state index is 12.6. The molecule has 1 aromatic heterocycles. The van der Waals surface area contributed by atoms with Gasteiger partial charge in [0.05, 0.1) is 10.7 Å². The molecule has 5 nitrogen and oxygen atoms in total. The molecule has 0 unspecified atom stereocenters. The maximum absolute atomic E-state index is 12.6. The first-order chi connectivity index (χ1) is 13.1. The van der Waals surface area contributed by atoms with E-state index in [1.807, 2.05) is 6.07 Å². The number of amides is 1. The lowest BCUT2D eigenvalue weighted by Gasteiger charge is -2.29. The summed E-state index contributed by atoms with van der Waals surface area (Å²) in [5, 5.41) is 3.64. The first kappa shape index (κ1) is 17.8. The van der Waals surface area contributed by atoms with Gasteiger partial charge in [-0.3, -0.25) is 4.79 Å². The van der Waals surface area contributed by atoms with Crippen LogP contribution in [0.4, 0.5) is 11.5 Å². The molecule has 2 aromatic carbocycles. The minimum absolute atomic E-state index is 0.282. The molecule has 4 rings (SSSR count). The van der Waals surface area contributed by atoms with Gasteiger partial charge in [0.25, 0.3) is 5.91 Å². The third-order valence-corrected chi connectivity index (χ3v) is 5.07. The molecular weight excluding hydrogens is 383 g/mol. The van der Waals surface area contributed by atoms with Gasteiger partial charge in [-0.15, -0.1) is 0 Å². The van der Waals surface area contributed by atoms with Crippen LogP contribution in [0.3, 0.4) is 0 Å². The fraction of sp³-hybridized carbons (Fsp3) is 0.150. The van der Waals surface area contributed by atoms with E-state index < -0.39 is 0 Å². The Morgan fingerprint density at radius 1 is 1.04 bits per heavy atom. The minimum atomic E-state index is -0.347. The van der Waals surface area contributed by atoms with Gasteiger partial charge in [0.15, 0.2) is 0 Å². The smallest absolute Gasteiger partial charge is 0.274 e. The molecule has 0 bridgehead atoms. The van der Waals surface area contributed by atoms with Crippen LogP contribution in [0.1, 0.15) is 21.6 Å². The molecule has 7 heteroatoms. The summed E-state index contributed by atoms with van der Waals surface area (Å²) in [7, 11) is 0. The molecule has 1 aliphatic rings. The van der Waals surface area contributed by atoms with E-state index in [0.717, 1.165) is 25.3 Å². The number of benzene rings is 2. The molecule has 0 saturated carbocycles. The normalized spacial score (nSPS) is 13.2. The van der Waals surface area contributed by atoms with Gasteiger partial charge in [0, 0.05) is 24.2 Å². The second-order valence-electron chi connectivity index (χ2n) is 6.28. The van der Waals surface area contributed by atoms with Crippen LogP contribution in [-0.2, 0) is 13.0 Å². The highest BCUT2D eigenvalue weighted by molar-refractivity contribution is 6.36. The quantitative estimate of drug-likeness (QED) is 0.700. The van der Waals surface area contributed by atoms with Gasteiger partial charge >= 0.3 is 0 Å². The third kappa shape index (κ3) is 3.89. The lowest BCUT2D eigenvalue weighted by atomic mass is 10.00. The topological polar surface area (TPSA) is 58.1 Å². The molecule has 0 spiro atoms. The number of halogens is 2. The molecule has 0 saturated heterocycles. The molecule has 0 fully saturated rings. The molecule has 0 radical (unpaired) electrons. The monoisotopic (exact) mass is 398 g/mol. The second-order valence-corrected chi connectivity index (χ2v) is 7.12. The van der Waals surface area contributed by atoms with Crippen LogP contribution in [0.15, 0.2) is 54.9 Å². The van der Waals surface area contributed by atoms with Crippen molar-refractivity contribution in [2.45, 2.75) is 13.0 Å². The van der Waals surface area contributed by atoms with E-state index in [1.54, 1.807) is 24.3 Å². The van der Waals surface area contributed by atoms with Crippen LogP contribution in [-0.4, -0.2) is 22.4 Å². The highest BCUT2D eigenvalue weighted by atomic mass is 35.5. The standard InChI is InChI=1S/C20H16Cl2N4O/c21-15-5-6-17(16(22)9-15)25-20(27)18-10-19(24-12-23-18)26-8-7-13-3-1-2-4-14(13)11-26/h1-6,9-10,12H,7-8,11H2,(H,25,27). The SMILES string of the molecule is O=C(Nc1ccc(Cl)cc1Cl)c1cc(N2CCc3ccccc3C2)ncn1. The van der Waals surface area contributed by atoms with Crippen molar-refractivity contribution >= 4 is 40.6 Å². The van der Waals surface area contributed by atoms with E-state index in [4.69, 9.17) is 23.2 Å². The zero-order valence-corrected chi connectivity index (χ0v) is 15.8. The Bertz CT molecular complexity index is 1010. The number of carbonyl (C=O) groups is 1. The number of fused-ring (bicyclic) bond motifs is 1. The number of hydrogen-bond acceptors (Lipinski definition) is 4. The van der Waals surface area contributed by atoms with Crippen molar-refractivity contribution in [1.82, 2.24) is 9.97 Å². The first-order valence-corrected chi connectivity index (χ1v) is 9.26. The highest BCUT2D eigenvalue weighted by Gasteiger charge is 2.19. The van der Waals surface area contributed by atoms with E-state index in [0.29, 0.717) is 15.7 Å². The fourth-order valence-electron chi connectivity index (χ4n) is 3.11. The summed E-state index contributed by atoms with van der Waals surface area (Å²) in [6.45, 7) is 1.61. The average molecular weight is 399 g/mol. The van der Waals surface area contributed by atoms with Crippen molar-refractivity contribution in [1.29, 1.82) is 0 Å². The molecule has 1 N–H and O–H groups in total. The Hall–Kier alpha value is -2.63. The van der Waals surface area contributed by atoms with Crippen molar-refractivity contribution in [3.63, 3.8) is 0 Å². The van der Waals surface area contributed by atoms with Crippen molar-refractivity contribution in [2.24, 2.45) is 0 Å². The molecule has 136 valence electrons. The van der Waals surface area contributed by atoms with E-state index in [-0.39, 0.29) is 11.6 Å². The molecular formula is C20H16Cl2N4O.